The summed E-state index contributed by atoms with van der Waals surface area (Å²) in [7, 11) is 0. The van der Waals surface area contributed by atoms with E-state index >= 15 is 0 Å². The first-order chi connectivity index (χ1) is 0. The summed E-state index contributed by atoms with van der Waals surface area (Å²) >= 11 is 0. The largest absolute Gasteiger partial charge is 0 e. The predicted molar refractivity (Wildman–Crippen MR) is 0 cm³/mol. The third-order valence-corrected chi connectivity index (χ3v) is 0. The van der Waals surface area contributed by atoms with Gasteiger partial charge in [0, 0.05) is 5100 Å². The Morgan fingerprint density at radius 1 is 0.00758 bits per heavy atom. The van der Waals surface area contributed by atoms with Gasteiger partial charge in [0.05, 0.1) is 0 Å². The van der Waals surface area contributed by atoms with Crippen LogP contribution in [0.1, 0.15) is 0 Å². The van der Waals surface area contributed by atoms with Gasteiger partial charge in [0.25, 0.3) is 0 Å². The molecule has 0 atom stereocenters. The molecule has 0 aromatic rings. The molecule has 132 heteroatoms. The number of hydrogen-bond acceptors (Lipinski definition) is 0. The quantitative estimate of drug-likeness (QED) is 0.321. The molecule has 0 fully saturated rings. The van der Waals surface area contributed by atoms with Gasteiger partial charge in [-0.3, -0.25) is 0 Å². The second kappa shape index (κ2) is 938. The van der Waals surface area contributed by atoms with Crippen LogP contribution in [0.3, 0.4) is 0 Å². The summed E-state index contributed by atoms with van der Waals surface area (Å²) in [6, 6.07) is 0. The zero-order valence-electron chi connectivity index (χ0n) is 44.0. The fourth-order valence-corrected chi connectivity index (χ4v) is 0. The van der Waals surface area contributed by atoms with Crippen molar-refractivity contribution in [2.24, 2.45) is 0 Å². The maximum atomic E-state index is 0. The first-order valence-corrected chi connectivity index (χ1v) is 0. The molecule has 132 heavy (non-hydrogen) atoms. The molecular formula is Tb132. The minimum atomic E-state index is 0. The van der Waals surface area contributed by atoms with Crippen molar-refractivity contribution in [3.05, 3.63) is 0 Å². The average molecular weight is 21000 g/mol. The topological polar surface area (TPSA) is 0 Å². The molecule has 0 aromatic heterocycles. The predicted octanol–water partition coefficient (Wildman–Crippen LogP) is 0. The average Bonchev–Trinajstić information content (AvgIpc) is 0. The van der Waals surface area contributed by atoms with Crippen LogP contribution < -0.4 is 0 Å². The van der Waals surface area contributed by atoms with E-state index < -0.39 is 0 Å². The Balaban J connectivity index is 0. The van der Waals surface area contributed by atoms with Crippen molar-refractivity contribution in [1.29, 1.82) is 0 Å². The molecule has 0 unspecified atom stereocenters. The van der Waals surface area contributed by atoms with Crippen LogP contribution in [0, 0.1) is 5100 Å². The van der Waals surface area contributed by atoms with Gasteiger partial charge < -0.3 is 0 Å². The van der Waals surface area contributed by atoms with Crippen molar-refractivity contribution in [2.45, 2.75) is 0 Å². The molecule has 1188 valence electrons. The van der Waals surface area contributed by atoms with Crippen LogP contribution >= 0.6 is 0 Å². The molecule has 0 aliphatic rings. The molecule has 0 rings (SSSR count). The monoisotopic (exact) mass is 21000 g/mol. The second-order valence-corrected chi connectivity index (χ2v) is 0. The molecule has 0 bridgehead atoms. The van der Waals surface area contributed by atoms with Crippen LogP contribution in [-0.2, 0) is 0 Å². The van der Waals surface area contributed by atoms with Gasteiger partial charge in [-0.05, 0) is 0 Å². The molecule has 0 amide bonds. The van der Waals surface area contributed by atoms with E-state index in [0.29, 0.717) is 0 Å². The molecule has 0 aromatic carbocycles. The van der Waals surface area contributed by atoms with Gasteiger partial charge in [-0.1, -0.05) is 0 Å². The van der Waals surface area contributed by atoms with Crippen LogP contribution in [0.2, 0.25) is 0 Å². The van der Waals surface area contributed by atoms with Crippen LogP contribution in [0.25, 0.3) is 0 Å². The molecule has 0 aliphatic carbocycles. The van der Waals surface area contributed by atoms with Crippen molar-refractivity contribution in [2.75, 3.05) is 0 Å². The Bertz CT molecular complexity index is 0. The molecule has 0 saturated heterocycles. The summed E-state index contributed by atoms with van der Waals surface area (Å²) in [5, 5.41) is 0. The van der Waals surface area contributed by atoms with Gasteiger partial charge in [0.1, 0.15) is 0 Å². The number of hydrogen-bond donors (Lipinski definition) is 0. The minimum absolute atomic E-state index is 0. The van der Waals surface area contributed by atoms with Crippen molar-refractivity contribution < 1.29 is 5100 Å². The molecule has 0 saturated carbocycles. The molecule has 0 N–H and O–H groups in total. The fraction of sp³-hybridized carbons (Fsp3) is 0. The second-order valence-electron chi connectivity index (χ2n) is 0. The minimum Gasteiger partial charge on any atom is 0 e. The van der Waals surface area contributed by atoms with Crippen LogP contribution in [0.5, 0.6) is 0 Å². The third-order valence-electron chi connectivity index (χ3n) is 0. The first-order valence-electron chi connectivity index (χ1n) is 0. The Kier molecular flexibility index (Phi) is 6730. The Morgan fingerprint density at radius 2 is 0.00758 bits per heavy atom. The molecule has 0 nitrogen and oxygen atoms in total. The summed E-state index contributed by atoms with van der Waals surface area (Å²) in [5.41, 5.74) is 0. The normalized spacial score (nSPS) is 0. The summed E-state index contributed by atoms with van der Waals surface area (Å²) in [5.74, 6) is 0. The third kappa shape index (κ3) is 929. The zero-order chi connectivity index (χ0) is 0. The summed E-state index contributed by atoms with van der Waals surface area (Å²) in [6.45, 7) is 0. The van der Waals surface area contributed by atoms with Gasteiger partial charge in [-0.2, -0.15) is 0 Å². The van der Waals surface area contributed by atoms with E-state index in [1.54, 1.807) is 0 Å². The van der Waals surface area contributed by atoms with Gasteiger partial charge in [0.2, 0.25) is 0 Å². The zero-order valence-corrected chi connectivity index (χ0v) is 326. The van der Waals surface area contributed by atoms with Crippen LogP contribution in [0.4, 0.5) is 0 Å². The van der Waals surface area contributed by atoms with Crippen molar-refractivity contribution in [3.8, 4) is 0 Å². The van der Waals surface area contributed by atoms with E-state index in [-0.39, 0.29) is 5100 Å². The van der Waals surface area contributed by atoms with Crippen LogP contribution in [-0.4, -0.2) is 0 Å². The molecule has 0 aliphatic heterocycles. The maximum absolute atomic E-state index is 0. The summed E-state index contributed by atoms with van der Waals surface area (Å²) in [4.78, 5) is 0. The fourth-order valence-electron chi connectivity index (χ4n) is 0. The van der Waals surface area contributed by atoms with E-state index in [9.17, 15) is 0 Å². The molecule has 132 radical (unpaired) electrons. The number of rotatable bonds is 0. The van der Waals surface area contributed by atoms with E-state index in [0.717, 1.165) is 0 Å². The van der Waals surface area contributed by atoms with E-state index in [2.05, 4.69) is 0 Å². The Morgan fingerprint density at radius 3 is 0.00758 bits per heavy atom. The van der Waals surface area contributed by atoms with Crippen molar-refractivity contribution >= 4 is 0 Å². The van der Waals surface area contributed by atoms with E-state index in [1.165, 1.54) is 0 Å². The van der Waals surface area contributed by atoms with Gasteiger partial charge >= 0.3 is 0 Å². The molecule has 0 heterocycles. The Hall–Kier alpha value is 170. The molecule has 0 spiro atoms. The van der Waals surface area contributed by atoms with E-state index in [4.69, 9.17) is 0 Å². The first kappa shape index (κ1) is 947. The van der Waals surface area contributed by atoms with E-state index in [1.807, 2.05) is 0 Å². The van der Waals surface area contributed by atoms with Crippen LogP contribution in [0.15, 0.2) is 0 Å². The maximum Gasteiger partial charge on any atom is 0 e. The van der Waals surface area contributed by atoms with Crippen molar-refractivity contribution in [1.82, 2.24) is 0 Å². The van der Waals surface area contributed by atoms with Crippen molar-refractivity contribution in [3.63, 3.8) is 0 Å². The SMILES string of the molecule is [Tb].[Tb].[Tb].[Tb].[Tb].[Tb].[Tb].[Tb].[Tb].[Tb].[Tb].[Tb].[Tb].[Tb].[Tb].[Tb].[Tb].[Tb].[Tb].[Tb].[Tb].[Tb].[Tb].[Tb].[Tb].[Tb].[Tb].[Tb].[Tb].[Tb].[Tb].[Tb].[Tb].[Tb].[Tb].[Tb].[Tb].[Tb].[Tb].[Tb].[Tb].[Tb].[Tb].[Tb].[Tb].[Tb].[Tb].[Tb].[Tb].[Tb].[Tb].[Tb].[Tb].[Tb].[Tb].[Tb].[Tb].[Tb].[Tb].[Tb].[Tb].[Tb].[Tb].[Tb].[Tb].[Tb].[Tb].[Tb].[Tb].[Tb].[Tb].[Tb].[Tb].[Tb].[Tb].[Tb].[Tb].[Tb].[Tb].[Tb].[Tb].[Tb].[Tb].[Tb].[Tb].[Tb].[Tb].[Tb].[Tb].[Tb].[Tb].[Tb].[Tb].[Tb].[Tb].[Tb].[Tb].[Tb].[Tb].[Tb].[Tb].[Tb].[Tb].[Tb].[Tb].[Tb].[Tb].[Tb].[Tb].[Tb].[Tb].[Tb].[Tb].[Tb].[Tb].[Tb].[Tb].[Tb].[Tb].[Tb].[Tb].[Tb].[Tb].[Tb].[Tb].[Tb].[Tb].[Tb].[Tb].[Tb].[Tb].[Tb]. The molecular weight excluding hydrogens is 21000 g/mol. The Labute approximate surface area is 4880 Å². The summed E-state index contributed by atoms with van der Waals surface area (Å²) < 4.78 is 0. The standard InChI is InChI=1S/132Tb. The van der Waals surface area contributed by atoms with Gasteiger partial charge in [-0.15, -0.1) is 0 Å². The van der Waals surface area contributed by atoms with Gasteiger partial charge in [-0.25, -0.2) is 0 Å². The summed E-state index contributed by atoms with van der Waals surface area (Å²) in [6.07, 6.45) is 0. The van der Waals surface area contributed by atoms with Gasteiger partial charge in [0.15, 0.2) is 0 Å². The smallest absolute Gasteiger partial charge is 0 e.